The SMILES string of the molecule is Cc1ncc(NC(=O)c2ccc3[nH]c4c(c3c2)CC(N(C)C)CC4)cn1.O=CO. The largest absolute Gasteiger partial charge is 0.483 e. The molecule has 0 radical (unpaired) electrons. The van der Waals surface area contributed by atoms with Gasteiger partial charge in [0.25, 0.3) is 12.4 Å². The minimum Gasteiger partial charge on any atom is -0.483 e. The zero-order chi connectivity index (χ0) is 21.0. The fourth-order valence-corrected chi connectivity index (χ4v) is 3.64. The van der Waals surface area contributed by atoms with E-state index in [1.807, 2.05) is 25.1 Å². The molecular weight excluding hydrogens is 370 g/mol. The summed E-state index contributed by atoms with van der Waals surface area (Å²) in [5, 5.41) is 10.9. The number of rotatable bonds is 3. The van der Waals surface area contributed by atoms with Gasteiger partial charge in [-0.25, -0.2) is 9.97 Å². The lowest BCUT2D eigenvalue weighted by Gasteiger charge is -2.28. The summed E-state index contributed by atoms with van der Waals surface area (Å²) in [6.45, 7) is 1.57. The number of nitrogens with one attached hydrogen (secondary N) is 2. The van der Waals surface area contributed by atoms with E-state index in [0.717, 1.165) is 30.2 Å². The first-order valence-corrected chi connectivity index (χ1v) is 9.40. The molecule has 0 spiro atoms. The van der Waals surface area contributed by atoms with Gasteiger partial charge in [-0.2, -0.15) is 0 Å². The van der Waals surface area contributed by atoms with Crippen LogP contribution in [0, 0.1) is 6.92 Å². The van der Waals surface area contributed by atoms with E-state index in [1.165, 1.54) is 11.3 Å². The molecule has 3 aromatic rings. The van der Waals surface area contributed by atoms with Gasteiger partial charge in [-0.05, 0) is 64.0 Å². The molecule has 1 unspecified atom stereocenters. The van der Waals surface area contributed by atoms with E-state index in [9.17, 15) is 4.79 Å². The van der Waals surface area contributed by atoms with Crippen LogP contribution in [-0.2, 0) is 17.6 Å². The molecule has 2 aromatic heterocycles. The summed E-state index contributed by atoms with van der Waals surface area (Å²) >= 11 is 0. The van der Waals surface area contributed by atoms with Gasteiger partial charge in [0.15, 0.2) is 0 Å². The van der Waals surface area contributed by atoms with E-state index in [4.69, 9.17) is 9.90 Å². The molecule has 1 aromatic carbocycles. The number of carboxylic acid groups (broad SMARTS) is 1. The summed E-state index contributed by atoms with van der Waals surface area (Å²) in [6, 6.07) is 6.40. The first-order valence-electron chi connectivity index (χ1n) is 9.40. The topological polar surface area (TPSA) is 111 Å². The smallest absolute Gasteiger partial charge is 0.290 e. The highest BCUT2D eigenvalue weighted by Gasteiger charge is 2.24. The van der Waals surface area contributed by atoms with Gasteiger partial charge < -0.3 is 20.3 Å². The molecule has 0 fully saturated rings. The quantitative estimate of drug-likeness (QED) is 0.588. The Balaban J connectivity index is 0.000000755. The van der Waals surface area contributed by atoms with Crippen molar-refractivity contribution in [3.63, 3.8) is 0 Å². The molecule has 1 aliphatic rings. The minimum atomic E-state index is -0.250. The Morgan fingerprint density at radius 1 is 1.31 bits per heavy atom. The Bertz CT molecular complexity index is 1010. The van der Waals surface area contributed by atoms with Crippen molar-refractivity contribution in [2.75, 3.05) is 19.4 Å². The van der Waals surface area contributed by atoms with E-state index in [0.29, 0.717) is 23.1 Å². The number of hydrogen-bond donors (Lipinski definition) is 3. The van der Waals surface area contributed by atoms with E-state index in [2.05, 4.69) is 39.3 Å². The van der Waals surface area contributed by atoms with Crippen molar-refractivity contribution < 1.29 is 14.7 Å². The van der Waals surface area contributed by atoms with Crippen molar-refractivity contribution in [3.05, 3.63) is 53.2 Å². The lowest BCUT2D eigenvalue weighted by Crippen LogP contribution is -2.33. The number of likely N-dealkylation sites (N-methyl/N-ethyl adjacent to an activating group) is 1. The van der Waals surface area contributed by atoms with Crippen molar-refractivity contribution in [2.45, 2.75) is 32.2 Å². The van der Waals surface area contributed by atoms with Crippen LogP contribution in [0.4, 0.5) is 5.69 Å². The highest BCUT2D eigenvalue weighted by atomic mass is 16.3. The third-order valence-corrected chi connectivity index (χ3v) is 5.19. The van der Waals surface area contributed by atoms with Crippen LogP contribution in [0.15, 0.2) is 30.6 Å². The number of nitrogens with zero attached hydrogens (tertiary/aromatic N) is 3. The van der Waals surface area contributed by atoms with Crippen LogP contribution in [0.3, 0.4) is 0 Å². The number of carbonyl (C=O) groups is 2. The van der Waals surface area contributed by atoms with Crippen LogP contribution in [0.25, 0.3) is 10.9 Å². The Hall–Kier alpha value is -3.26. The summed E-state index contributed by atoms with van der Waals surface area (Å²) in [7, 11) is 4.26. The van der Waals surface area contributed by atoms with Crippen molar-refractivity contribution >= 4 is 29.0 Å². The lowest BCUT2D eigenvalue weighted by molar-refractivity contribution is -0.122. The van der Waals surface area contributed by atoms with Gasteiger partial charge in [-0.15, -0.1) is 0 Å². The average molecular weight is 395 g/mol. The number of aromatic nitrogens is 3. The highest BCUT2D eigenvalue weighted by molar-refractivity contribution is 6.06. The predicted octanol–water partition coefficient (Wildman–Crippen LogP) is 2.64. The van der Waals surface area contributed by atoms with Gasteiger partial charge >= 0.3 is 0 Å². The van der Waals surface area contributed by atoms with Crippen molar-refractivity contribution in [1.82, 2.24) is 19.9 Å². The number of aromatic amines is 1. The minimum absolute atomic E-state index is 0.144. The Labute approximate surface area is 169 Å². The summed E-state index contributed by atoms with van der Waals surface area (Å²) in [5.41, 5.74) is 5.00. The first-order chi connectivity index (χ1) is 13.9. The number of anilines is 1. The van der Waals surface area contributed by atoms with Crippen LogP contribution < -0.4 is 5.32 Å². The van der Waals surface area contributed by atoms with Crippen LogP contribution in [0.5, 0.6) is 0 Å². The van der Waals surface area contributed by atoms with Crippen LogP contribution in [0.2, 0.25) is 0 Å². The number of amides is 1. The normalized spacial score (nSPS) is 15.4. The predicted molar refractivity (Wildman–Crippen MR) is 111 cm³/mol. The Kier molecular flexibility index (Phi) is 6.23. The fourth-order valence-electron chi connectivity index (χ4n) is 3.64. The van der Waals surface area contributed by atoms with Crippen LogP contribution in [0.1, 0.15) is 33.9 Å². The molecule has 1 aliphatic carbocycles. The molecule has 3 N–H and O–H groups in total. The van der Waals surface area contributed by atoms with E-state index < -0.39 is 0 Å². The lowest BCUT2D eigenvalue weighted by atomic mass is 9.90. The standard InChI is InChI=1S/C20H23N5O.CH2O2/c1-12-21-10-14(11-22-12)23-20(26)13-4-6-18-16(8-13)17-9-15(25(2)3)5-7-19(17)24-18;2-1-3/h4,6,8,10-11,15,24H,5,7,9H2,1-3H3,(H,23,26);1H,(H,2,3). The molecule has 2 heterocycles. The van der Waals surface area contributed by atoms with Gasteiger partial charge in [0.05, 0.1) is 18.1 Å². The van der Waals surface area contributed by atoms with Crippen molar-refractivity contribution in [1.29, 1.82) is 0 Å². The van der Waals surface area contributed by atoms with Gasteiger partial charge in [0.1, 0.15) is 5.82 Å². The molecule has 0 saturated carbocycles. The molecule has 29 heavy (non-hydrogen) atoms. The molecule has 8 heteroatoms. The molecule has 0 bridgehead atoms. The molecule has 152 valence electrons. The third-order valence-electron chi connectivity index (χ3n) is 5.19. The van der Waals surface area contributed by atoms with Gasteiger partial charge in [0.2, 0.25) is 0 Å². The van der Waals surface area contributed by atoms with E-state index in [-0.39, 0.29) is 12.4 Å². The molecule has 0 aliphatic heterocycles. The first kappa shape index (κ1) is 20.5. The van der Waals surface area contributed by atoms with Crippen molar-refractivity contribution in [2.24, 2.45) is 0 Å². The zero-order valence-electron chi connectivity index (χ0n) is 16.8. The number of aryl methyl sites for hydroxylation is 2. The molecule has 8 nitrogen and oxygen atoms in total. The molecule has 1 amide bonds. The second-order valence-electron chi connectivity index (χ2n) is 7.28. The molecule has 1 atom stereocenters. The molecular formula is C21H25N5O3. The highest BCUT2D eigenvalue weighted by Crippen LogP contribution is 2.31. The summed E-state index contributed by atoms with van der Waals surface area (Å²) in [5.74, 6) is 0.535. The van der Waals surface area contributed by atoms with Crippen molar-refractivity contribution in [3.8, 4) is 0 Å². The van der Waals surface area contributed by atoms with E-state index >= 15 is 0 Å². The van der Waals surface area contributed by atoms with Gasteiger partial charge in [-0.3, -0.25) is 9.59 Å². The van der Waals surface area contributed by atoms with Gasteiger partial charge in [-0.1, -0.05) is 0 Å². The number of hydrogen-bond acceptors (Lipinski definition) is 5. The fraction of sp³-hybridized carbons (Fsp3) is 0.333. The summed E-state index contributed by atoms with van der Waals surface area (Å²) in [4.78, 5) is 35.0. The molecule has 4 rings (SSSR count). The Morgan fingerprint density at radius 3 is 2.66 bits per heavy atom. The zero-order valence-corrected chi connectivity index (χ0v) is 16.8. The van der Waals surface area contributed by atoms with Gasteiger partial charge in [0, 0.05) is 28.2 Å². The third kappa shape index (κ3) is 4.60. The summed E-state index contributed by atoms with van der Waals surface area (Å²) < 4.78 is 0. The average Bonchev–Trinajstić information content (AvgIpc) is 3.07. The molecule has 0 saturated heterocycles. The number of fused-ring (bicyclic) bond motifs is 3. The number of carbonyl (C=O) groups excluding carboxylic acids is 1. The maximum atomic E-state index is 12.6. The van der Waals surface area contributed by atoms with Crippen LogP contribution >= 0.6 is 0 Å². The monoisotopic (exact) mass is 395 g/mol. The maximum Gasteiger partial charge on any atom is 0.290 e. The second kappa shape index (κ2) is 8.83. The van der Waals surface area contributed by atoms with Crippen LogP contribution in [-0.4, -0.2) is 57.5 Å². The van der Waals surface area contributed by atoms with E-state index in [1.54, 1.807) is 12.4 Å². The maximum absolute atomic E-state index is 12.6. The second-order valence-corrected chi connectivity index (χ2v) is 7.28. The number of benzene rings is 1. The summed E-state index contributed by atoms with van der Waals surface area (Å²) in [6.07, 6.45) is 6.47. The Morgan fingerprint density at radius 2 is 2.00 bits per heavy atom. The number of H-pyrrole nitrogens is 1.